The Morgan fingerprint density at radius 1 is 0.962 bits per heavy atom. The highest BCUT2D eigenvalue weighted by Gasteiger charge is 2.35. The molecule has 1 heterocycles. The summed E-state index contributed by atoms with van der Waals surface area (Å²) >= 11 is 1.65. The number of nitrogens with one attached hydrogen (secondary N) is 2. The van der Waals surface area contributed by atoms with Crippen LogP contribution in [0.2, 0.25) is 0 Å². The van der Waals surface area contributed by atoms with Crippen LogP contribution < -0.4 is 14.9 Å². The van der Waals surface area contributed by atoms with Gasteiger partial charge in [0, 0.05) is 60.6 Å². The lowest BCUT2D eigenvalue weighted by Gasteiger charge is -2.42. The van der Waals surface area contributed by atoms with E-state index in [1.807, 2.05) is 62.6 Å². The summed E-state index contributed by atoms with van der Waals surface area (Å²) in [6.07, 6.45) is 5.18. The molecule has 11 nitrogen and oxygen atoms in total. The zero-order valence-electron chi connectivity index (χ0n) is 30.6. The van der Waals surface area contributed by atoms with E-state index >= 15 is 0 Å². The molecule has 1 amide bonds. The largest absolute Gasteiger partial charge is 0.378 e. The number of hydrogen-bond acceptors (Lipinski definition) is 10. The molecule has 282 valence electrons. The van der Waals surface area contributed by atoms with Crippen molar-refractivity contribution in [3.8, 4) is 0 Å². The number of nitro benzene ring substituents is 1. The standard InChI is InChI=1S/C40H49N5O6S2/c1-43(2)25-11-10-14-33(30-52-35-15-8-5-9-16-35)41-37-22-21-36(28-38(37)45(47)48)53(49,50)42-39(46)32-17-19-34(20-18-32)44-26-23-40(51-3,24-27-44)29-31-12-6-4-7-13-31/h4-9,12-13,15-22,28,33,41H,10-11,14,23-27,29-30H2,1-3H3,(H,42,46)/t33-/m1/s1. The van der Waals surface area contributed by atoms with Crippen molar-refractivity contribution in [1.82, 2.24) is 9.62 Å². The quantitative estimate of drug-likeness (QED) is 0.0463. The highest BCUT2D eigenvalue weighted by atomic mass is 32.2. The van der Waals surface area contributed by atoms with E-state index in [0.29, 0.717) is 5.75 Å². The first kappa shape index (κ1) is 39.8. The van der Waals surface area contributed by atoms with Gasteiger partial charge in [-0.05, 0) is 100 Å². The molecule has 1 aliphatic rings. The predicted molar refractivity (Wildman–Crippen MR) is 213 cm³/mol. The minimum atomic E-state index is -4.42. The van der Waals surface area contributed by atoms with Crippen LogP contribution in [-0.2, 0) is 21.2 Å². The van der Waals surface area contributed by atoms with E-state index in [2.05, 4.69) is 32.0 Å². The maximum atomic E-state index is 13.3. The highest BCUT2D eigenvalue weighted by molar-refractivity contribution is 7.99. The molecule has 1 fully saturated rings. The normalized spacial score (nSPS) is 14.8. The van der Waals surface area contributed by atoms with Crippen LogP contribution in [0.25, 0.3) is 0 Å². The molecule has 0 aliphatic carbocycles. The number of benzene rings is 4. The summed E-state index contributed by atoms with van der Waals surface area (Å²) in [4.78, 5) is 29.8. The van der Waals surface area contributed by atoms with Gasteiger partial charge >= 0.3 is 0 Å². The average Bonchev–Trinajstić information content (AvgIpc) is 3.16. The number of amides is 1. The molecule has 53 heavy (non-hydrogen) atoms. The number of thioether (sulfide) groups is 1. The van der Waals surface area contributed by atoms with Gasteiger partial charge in [-0.15, -0.1) is 11.8 Å². The third-order valence-corrected chi connectivity index (χ3v) is 12.1. The summed E-state index contributed by atoms with van der Waals surface area (Å²) in [6, 6.07) is 30.6. The number of unbranched alkanes of at least 4 members (excludes halogenated alkanes) is 1. The Morgan fingerprint density at radius 2 is 1.62 bits per heavy atom. The number of piperidine rings is 1. The van der Waals surface area contributed by atoms with E-state index in [4.69, 9.17) is 4.74 Å². The number of nitrogens with zero attached hydrogens (tertiary/aromatic N) is 3. The number of sulfonamides is 1. The molecule has 0 aromatic heterocycles. The van der Waals surface area contributed by atoms with Gasteiger partial charge in [-0.1, -0.05) is 55.0 Å². The third kappa shape index (κ3) is 11.3. The topological polar surface area (TPSA) is 134 Å². The Kier molecular flexibility index (Phi) is 13.9. The van der Waals surface area contributed by atoms with Crippen molar-refractivity contribution in [2.24, 2.45) is 0 Å². The summed E-state index contributed by atoms with van der Waals surface area (Å²) in [7, 11) is 1.39. The summed E-state index contributed by atoms with van der Waals surface area (Å²) in [5, 5.41) is 15.5. The smallest absolute Gasteiger partial charge is 0.293 e. The minimum absolute atomic E-state index is 0.104. The van der Waals surface area contributed by atoms with E-state index in [-0.39, 0.29) is 33.5 Å². The first-order chi connectivity index (χ1) is 25.5. The van der Waals surface area contributed by atoms with Gasteiger partial charge in [-0.2, -0.15) is 0 Å². The van der Waals surface area contributed by atoms with E-state index in [9.17, 15) is 23.3 Å². The van der Waals surface area contributed by atoms with Crippen LogP contribution in [0.1, 0.15) is 48.0 Å². The van der Waals surface area contributed by atoms with Crippen molar-refractivity contribution in [2.75, 3.05) is 56.8 Å². The van der Waals surface area contributed by atoms with Gasteiger partial charge in [-0.25, -0.2) is 13.1 Å². The second kappa shape index (κ2) is 18.6. The number of hydrogen-bond donors (Lipinski definition) is 2. The monoisotopic (exact) mass is 759 g/mol. The average molecular weight is 760 g/mol. The molecule has 0 saturated carbocycles. The van der Waals surface area contributed by atoms with Gasteiger partial charge in [-0.3, -0.25) is 14.9 Å². The Bertz CT molecular complexity index is 1900. The van der Waals surface area contributed by atoms with E-state index < -0.39 is 20.9 Å². The number of methoxy groups -OCH3 is 1. The van der Waals surface area contributed by atoms with E-state index in [1.54, 1.807) is 43.1 Å². The van der Waals surface area contributed by atoms with E-state index in [1.165, 1.54) is 17.7 Å². The molecule has 13 heteroatoms. The van der Waals surface area contributed by atoms with Crippen molar-refractivity contribution >= 4 is 44.8 Å². The second-order valence-corrected chi connectivity index (χ2v) is 16.5. The molecule has 5 rings (SSSR count). The first-order valence-electron chi connectivity index (χ1n) is 17.9. The van der Waals surface area contributed by atoms with Gasteiger partial charge in [0.15, 0.2) is 0 Å². The van der Waals surface area contributed by atoms with Crippen molar-refractivity contribution in [3.05, 3.63) is 124 Å². The van der Waals surface area contributed by atoms with Crippen molar-refractivity contribution in [2.45, 2.75) is 60.0 Å². The fraction of sp³-hybridized carbons (Fsp3) is 0.375. The number of rotatable bonds is 18. The SMILES string of the molecule is COC1(Cc2ccccc2)CCN(c2ccc(C(=O)NS(=O)(=O)c3ccc(N[C@H](CCCCN(C)C)CSc4ccccc4)c([N+](=O)[O-])c3)cc2)CC1. The van der Waals surface area contributed by atoms with Crippen LogP contribution in [0.3, 0.4) is 0 Å². The molecule has 0 spiro atoms. The molecular formula is C40H49N5O6S2. The fourth-order valence-electron chi connectivity index (χ4n) is 6.56. The van der Waals surface area contributed by atoms with Gasteiger partial charge in [0.25, 0.3) is 21.6 Å². The predicted octanol–water partition coefficient (Wildman–Crippen LogP) is 7.25. The van der Waals surface area contributed by atoms with E-state index in [0.717, 1.165) is 74.8 Å². The first-order valence-corrected chi connectivity index (χ1v) is 20.3. The maximum absolute atomic E-state index is 13.3. The molecule has 0 bridgehead atoms. The molecule has 4 aromatic carbocycles. The van der Waals surface area contributed by atoms with Gasteiger partial charge in [0.1, 0.15) is 5.69 Å². The summed E-state index contributed by atoms with van der Waals surface area (Å²) < 4.78 is 34.8. The Hall–Kier alpha value is -4.43. The molecule has 1 atom stereocenters. The molecule has 0 radical (unpaired) electrons. The minimum Gasteiger partial charge on any atom is -0.378 e. The van der Waals surface area contributed by atoms with Crippen molar-refractivity contribution < 1.29 is 22.9 Å². The lowest BCUT2D eigenvalue weighted by atomic mass is 9.85. The summed E-state index contributed by atoms with van der Waals surface area (Å²) in [5.41, 5.74) is 1.92. The van der Waals surface area contributed by atoms with Crippen molar-refractivity contribution in [3.63, 3.8) is 0 Å². The summed E-state index contributed by atoms with van der Waals surface area (Å²) in [5.74, 6) is -0.158. The fourth-order valence-corrected chi connectivity index (χ4v) is 8.54. The molecule has 1 saturated heterocycles. The van der Waals surface area contributed by atoms with Crippen molar-refractivity contribution in [1.29, 1.82) is 0 Å². The van der Waals surface area contributed by atoms with Crippen LogP contribution in [0.4, 0.5) is 17.1 Å². The zero-order chi connectivity index (χ0) is 37.8. The molecule has 4 aromatic rings. The number of nitro groups is 1. The van der Waals surface area contributed by atoms with Crippen LogP contribution in [0.15, 0.2) is 113 Å². The Balaban J connectivity index is 1.22. The molecular weight excluding hydrogens is 711 g/mol. The lowest BCUT2D eigenvalue weighted by Crippen LogP contribution is -2.47. The Labute approximate surface area is 317 Å². The van der Waals surface area contributed by atoms with Crippen LogP contribution >= 0.6 is 11.8 Å². The van der Waals surface area contributed by atoms with Gasteiger partial charge in [0.05, 0.1) is 15.4 Å². The van der Waals surface area contributed by atoms with Gasteiger partial charge in [0.2, 0.25) is 0 Å². The molecule has 1 aliphatic heterocycles. The van der Waals surface area contributed by atoms with Crippen LogP contribution in [-0.4, -0.2) is 82.4 Å². The highest BCUT2D eigenvalue weighted by Crippen LogP contribution is 2.33. The molecule has 0 unspecified atom stereocenters. The number of carbonyl (C=O) groups is 1. The molecule has 2 N–H and O–H groups in total. The zero-order valence-corrected chi connectivity index (χ0v) is 32.2. The third-order valence-electron chi connectivity index (χ3n) is 9.64. The number of ether oxygens (including phenoxy) is 1. The Morgan fingerprint density at radius 3 is 2.25 bits per heavy atom. The summed E-state index contributed by atoms with van der Waals surface area (Å²) in [6.45, 7) is 2.48. The number of carbonyl (C=O) groups excluding carboxylic acids is 1. The van der Waals surface area contributed by atoms with Crippen LogP contribution in [0, 0.1) is 10.1 Å². The lowest BCUT2D eigenvalue weighted by molar-refractivity contribution is -0.384. The second-order valence-electron chi connectivity index (χ2n) is 13.7. The van der Waals surface area contributed by atoms with Gasteiger partial charge < -0.3 is 19.9 Å². The maximum Gasteiger partial charge on any atom is 0.293 e. The number of anilines is 2. The van der Waals surface area contributed by atoms with Crippen LogP contribution in [0.5, 0.6) is 0 Å².